The standard InChI is InChI=1S/C9H11F2N3O2/c1-16-9(15)6-4(3-12)2-5(7(10)11)14-8(6)13/h2,7H,3,12H2,1H3,(H2,13,14). The monoisotopic (exact) mass is 231 g/mol. The number of halogens is 2. The van der Waals surface area contributed by atoms with E-state index in [4.69, 9.17) is 11.5 Å². The van der Waals surface area contributed by atoms with Crippen molar-refractivity contribution >= 4 is 11.8 Å². The van der Waals surface area contributed by atoms with Crippen LogP contribution in [0.5, 0.6) is 0 Å². The van der Waals surface area contributed by atoms with Crippen LogP contribution in [0.3, 0.4) is 0 Å². The number of methoxy groups -OCH3 is 1. The first kappa shape index (κ1) is 12.3. The highest BCUT2D eigenvalue weighted by Crippen LogP contribution is 2.23. The van der Waals surface area contributed by atoms with Gasteiger partial charge in [0.25, 0.3) is 6.43 Å². The molecule has 7 heteroatoms. The molecule has 0 radical (unpaired) electrons. The lowest BCUT2D eigenvalue weighted by molar-refractivity contribution is 0.0599. The zero-order valence-corrected chi connectivity index (χ0v) is 8.54. The largest absolute Gasteiger partial charge is 0.465 e. The van der Waals surface area contributed by atoms with E-state index in [0.29, 0.717) is 0 Å². The molecule has 0 spiro atoms. The lowest BCUT2D eigenvalue weighted by atomic mass is 10.1. The fraction of sp³-hybridized carbons (Fsp3) is 0.333. The first-order valence-electron chi connectivity index (χ1n) is 4.37. The topological polar surface area (TPSA) is 91.2 Å². The van der Waals surface area contributed by atoms with E-state index >= 15 is 0 Å². The van der Waals surface area contributed by atoms with Gasteiger partial charge in [-0.15, -0.1) is 0 Å². The Balaban J connectivity index is 3.34. The van der Waals surface area contributed by atoms with Crippen LogP contribution in [0.15, 0.2) is 6.07 Å². The van der Waals surface area contributed by atoms with E-state index in [1.54, 1.807) is 0 Å². The lowest BCUT2D eigenvalue weighted by Gasteiger charge is -2.10. The molecule has 0 aliphatic carbocycles. The summed E-state index contributed by atoms with van der Waals surface area (Å²) < 4.78 is 29.3. The van der Waals surface area contributed by atoms with Gasteiger partial charge in [0, 0.05) is 6.54 Å². The van der Waals surface area contributed by atoms with Gasteiger partial charge in [-0.2, -0.15) is 0 Å². The summed E-state index contributed by atoms with van der Waals surface area (Å²) in [6, 6.07) is 1.05. The minimum absolute atomic E-state index is 0.0607. The van der Waals surface area contributed by atoms with Crippen molar-refractivity contribution in [2.75, 3.05) is 12.8 Å². The van der Waals surface area contributed by atoms with Crippen molar-refractivity contribution in [1.29, 1.82) is 0 Å². The number of pyridine rings is 1. The molecule has 1 aromatic rings. The van der Waals surface area contributed by atoms with Crippen molar-refractivity contribution in [3.63, 3.8) is 0 Å². The summed E-state index contributed by atoms with van der Waals surface area (Å²) in [4.78, 5) is 14.7. The summed E-state index contributed by atoms with van der Waals surface area (Å²) in [5.41, 5.74) is 10.4. The second-order valence-electron chi connectivity index (χ2n) is 2.96. The highest BCUT2D eigenvalue weighted by molar-refractivity contribution is 5.95. The molecule has 1 heterocycles. The molecule has 0 atom stereocenters. The Labute approximate surface area is 90.4 Å². The second-order valence-corrected chi connectivity index (χ2v) is 2.96. The Morgan fingerprint density at radius 2 is 2.25 bits per heavy atom. The highest BCUT2D eigenvalue weighted by atomic mass is 19.3. The van der Waals surface area contributed by atoms with Gasteiger partial charge in [0.1, 0.15) is 17.1 Å². The summed E-state index contributed by atoms with van der Waals surface area (Å²) in [5, 5.41) is 0. The second kappa shape index (κ2) is 4.84. The smallest absolute Gasteiger partial charge is 0.341 e. The molecule has 0 aromatic carbocycles. The number of carbonyl (C=O) groups is 1. The number of hydrogen-bond acceptors (Lipinski definition) is 5. The van der Waals surface area contributed by atoms with Crippen LogP contribution in [-0.4, -0.2) is 18.1 Å². The quantitative estimate of drug-likeness (QED) is 0.752. The lowest BCUT2D eigenvalue weighted by Crippen LogP contribution is -2.15. The number of rotatable bonds is 3. The molecule has 0 aliphatic rings. The molecular formula is C9H11F2N3O2. The zero-order valence-electron chi connectivity index (χ0n) is 8.54. The van der Waals surface area contributed by atoms with E-state index in [1.807, 2.05) is 0 Å². The predicted molar refractivity (Wildman–Crippen MR) is 52.8 cm³/mol. The van der Waals surface area contributed by atoms with Crippen LogP contribution < -0.4 is 11.5 Å². The Bertz CT molecular complexity index is 410. The van der Waals surface area contributed by atoms with Crippen LogP contribution in [0, 0.1) is 0 Å². The molecule has 4 N–H and O–H groups in total. The molecule has 16 heavy (non-hydrogen) atoms. The molecule has 0 amide bonds. The Morgan fingerprint density at radius 3 is 2.69 bits per heavy atom. The molecule has 1 rings (SSSR count). The number of hydrogen-bond donors (Lipinski definition) is 2. The molecule has 0 aliphatic heterocycles. The molecular weight excluding hydrogens is 220 g/mol. The summed E-state index contributed by atoms with van der Waals surface area (Å²) in [7, 11) is 1.16. The van der Waals surface area contributed by atoms with E-state index in [2.05, 4.69) is 9.72 Å². The third kappa shape index (κ3) is 2.25. The number of esters is 1. The summed E-state index contributed by atoms with van der Waals surface area (Å²) >= 11 is 0. The number of aromatic nitrogens is 1. The van der Waals surface area contributed by atoms with Crippen molar-refractivity contribution in [2.24, 2.45) is 5.73 Å². The van der Waals surface area contributed by atoms with Gasteiger partial charge in [-0.3, -0.25) is 0 Å². The van der Waals surface area contributed by atoms with Gasteiger partial charge in [-0.25, -0.2) is 18.6 Å². The predicted octanol–water partition coefficient (Wildman–Crippen LogP) is 0.847. The molecule has 0 saturated heterocycles. The number of nitrogens with two attached hydrogens (primary N) is 2. The van der Waals surface area contributed by atoms with E-state index in [-0.39, 0.29) is 23.5 Å². The Kier molecular flexibility index (Phi) is 3.73. The first-order chi connectivity index (χ1) is 7.51. The van der Waals surface area contributed by atoms with Gasteiger partial charge in [0.15, 0.2) is 0 Å². The number of carbonyl (C=O) groups excluding carboxylic acids is 1. The first-order valence-corrected chi connectivity index (χ1v) is 4.37. The molecule has 88 valence electrons. The number of nitrogen functional groups attached to an aromatic ring is 1. The van der Waals surface area contributed by atoms with Crippen LogP contribution in [0.2, 0.25) is 0 Å². The molecule has 0 bridgehead atoms. The van der Waals surface area contributed by atoms with Gasteiger partial charge in [-0.1, -0.05) is 0 Å². The number of nitrogens with zero attached hydrogens (tertiary/aromatic N) is 1. The normalized spacial score (nSPS) is 10.6. The number of anilines is 1. The van der Waals surface area contributed by atoms with Crippen molar-refractivity contribution < 1.29 is 18.3 Å². The van der Waals surface area contributed by atoms with Crippen molar-refractivity contribution in [3.05, 3.63) is 22.9 Å². The van der Waals surface area contributed by atoms with Crippen molar-refractivity contribution in [3.8, 4) is 0 Å². The minimum Gasteiger partial charge on any atom is -0.465 e. The Hall–Kier alpha value is -1.76. The minimum atomic E-state index is -2.76. The van der Waals surface area contributed by atoms with Gasteiger partial charge in [0.05, 0.1) is 7.11 Å². The average molecular weight is 231 g/mol. The number of ether oxygens (including phenoxy) is 1. The van der Waals surface area contributed by atoms with Gasteiger partial charge >= 0.3 is 5.97 Å². The van der Waals surface area contributed by atoms with Crippen LogP contribution in [0.25, 0.3) is 0 Å². The highest BCUT2D eigenvalue weighted by Gasteiger charge is 2.20. The number of alkyl halides is 2. The van der Waals surface area contributed by atoms with Gasteiger partial charge in [-0.05, 0) is 11.6 Å². The molecule has 0 unspecified atom stereocenters. The fourth-order valence-corrected chi connectivity index (χ4v) is 1.25. The van der Waals surface area contributed by atoms with Gasteiger partial charge in [0.2, 0.25) is 0 Å². The van der Waals surface area contributed by atoms with E-state index < -0.39 is 18.1 Å². The maximum absolute atomic E-state index is 12.4. The van der Waals surface area contributed by atoms with Crippen LogP contribution in [-0.2, 0) is 11.3 Å². The van der Waals surface area contributed by atoms with Crippen molar-refractivity contribution in [1.82, 2.24) is 4.98 Å². The van der Waals surface area contributed by atoms with E-state index in [9.17, 15) is 13.6 Å². The summed E-state index contributed by atoms with van der Waals surface area (Å²) in [6.07, 6.45) is -2.76. The van der Waals surface area contributed by atoms with E-state index in [0.717, 1.165) is 13.2 Å². The molecule has 5 nitrogen and oxygen atoms in total. The zero-order chi connectivity index (χ0) is 12.3. The van der Waals surface area contributed by atoms with Crippen LogP contribution in [0.4, 0.5) is 14.6 Å². The Morgan fingerprint density at radius 1 is 1.62 bits per heavy atom. The van der Waals surface area contributed by atoms with Crippen LogP contribution >= 0.6 is 0 Å². The van der Waals surface area contributed by atoms with E-state index in [1.165, 1.54) is 0 Å². The maximum atomic E-state index is 12.4. The fourth-order valence-electron chi connectivity index (χ4n) is 1.25. The van der Waals surface area contributed by atoms with Crippen molar-refractivity contribution in [2.45, 2.75) is 13.0 Å². The van der Waals surface area contributed by atoms with Crippen LogP contribution in [0.1, 0.15) is 28.0 Å². The summed E-state index contributed by atoms with van der Waals surface area (Å²) in [6.45, 7) is -0.100. The summed E-state index contributed by atoms with van der Waals surface area (Å²) in [5.74, 6) is -1.05. The maximum Gasteiger partial charge on any atom is 0.341 e. The molecule has 1 aromatic heterocycles. The third-order valence-electron chi connectivity index (χ3n) is 1.98. The van der Waals surface area contributed by atoms with Gasteiger partial charge < -0.3 is 16.2 Å². The molecule has 0 fully saturated rings. The third-order valence-corrected chi connectivity index (χ3v) is 1.98. The molecule has 0 saturated carbocycles. The average Bonchev–Trinajstić information content (AvgIpc) is 2.26. The SMILES string of the molecule is COC(=O)c1c(CN)cc(C(F)F)nc1N.